The number of dihydropyridines is 1. The summed E-state index contributed by atoms with van der Waals surface area (Å²) >= 11 is 6.08. The summed E-state index contributed by atoms with van der Waals surface area (Å²) in [7, 11) is 1.58. The molecule has 4 rings (SSSR count). The molecule has 2 N–H and O–H groups in total. The van der Waals surface area contributed by atoms with Crippen LogP contribution in [0.5, 0.6) is 5.88 Å². The lowest BCUT2D eigenvalue weighted by Gasteiger charge is -2.26. The number of ether oxygens (including phenoxy) is 1. The summed E-state index contributed by atoms with van der Waals surface area (Å²) in [5.74, 6) is 1.28. The fraction of sp³-hybridized carbons (Fsp3) is 0.200. The van der Waals surface area contributed by atoms with Crippen LogP contribution in [0.15, 0.2) is 53.9 Å². The number of nitrogens with zero attached hydrogens (tertiary/aromatic N) is 3. The van der Waals surface area contributed by atoms with E-state index in [1.807, 2.05) is 30.4 Å². The molecular formula is C20H18ClN5O2. The molecule has 3 aromatic heterocycles. The molecule has 4 heterocycles. The number of aldehydes is 1. The van der Waals surface area contributed by atoms with E-state index in [4.69, 9.17) is 16.3 Å². The van der Waals surface area contributed by atoms with Gasteiger partial charge in [-0.3, -0.25) is 4.99 Å². The number of halogens is 1. The van der Waals surface area contributed by atoms with Crippen LogP contribution in [0.4, 0.5) is 0 Å². The van der Waals surface area contributed by atoms with E-state index in [9.17, 15) is 4.79 Å². The zero-order valence-electron chi connectivity index (χ0n) is 15.1. The summed E-state index contributed by atoms with van der Waals surface area (Å²) in [6.45, 7) is 0.872. The summed E-state index contributed by atoms with van der Waals surface area (Å²) in [6, 6.07) is 5.55. The number of H-pyrrole nitrogens is 1. The highest BCUT2D eigenvalue weighted by Gasteiger charge is 2.34. The van der Waals surface area contributed by atoms with Gasteiger partial charge >= 0.3 is 0 Å². The molecule has 0 bridgehead atoms. The lowest BCUT2D eigenvalue weighted by molar-refractivity contribution is -0.110. The summed E-state index contributed by atoms with van der Waals surface area (Å²) < 4.78 is 5.06. The Bertz CT molecular complexity index is 1070. The van der Waals surface area contributed by atoms with Gasteiger partial charge in [0.25, 0.3) is 0 Å². The minimum atomic E-state index is -0.850. The van der Waals surface area contributed by atoms with Crippen molar-refractivity contribution < 1.29 is 9.53 Å². The Morgan fingerprint density at radius 2 is 2.25 bits per heavy atom. The first kappa shape index (κ1) is 18.2. The Hall–Kier alpha value is -3.19. The van der Waals surface area contributed by atoms with Gasteiger partial charge in [-0.2, -0.15) is 0 Å². The first-order valence-corrected chi connectivity index (χ1v) is 9.07. The molecule has 28 heavy (non-hydrogen) atoms. The highest BCUT2D eigenvalue weighted by atomic mass is 35.5. The van der Waals surface area contributed by atoms with Crippen LogP contribution in [-0.2, 0) is 16.8 Å². The summed E-state index contributed by atoms with van der Waals surface area (Å²) in [5.41, 5.74) is 1.65. The summed E-state index contributed by atoms with van der Waals surface area (Å²) in [5, 5.41) is 4.60. The van der Waals surface area contributed by atoms with Crippen LogP contribution in [0.25, 0.3) is 11.0 Å². The van der Waals surface area contributed by atoms with Crippen LogP contribution >= 0.6 is 11.6 Å². The van der Waals surface area contributed by atoms with E-state index >= 15 is 0 Å². The molecule has 0 radical (unpaired) electrons. The van der Waals surface area contributed by atoms with Crippen molar-refractivity contribution in [2.75, 3.05) is 13.7 Å². The molecule has 0 aromatic carbocycles. The van der Waals surface area contributed by atoms with Gasteiger partial charge in [0.15, 0.2) is 0 Å². The first-order valence-electron chi connectivity index (χ1n) is 8.69. The fourth-order valence-corrected chi connectivity index (χ4v) is 3.33. The molecule has 0 fully saturated rings. The first-order chi connectivity index (χ1) is 13.6. The maximum Gasteiger partial charge on any atom is 0.212 e. The number of aromatic amines is 1. The number of hydrogen-bond donors (Lipinski definition) is 2. The minimum Gasteiger partial charge on any atom is -0.481 e. The summed E-state index contributed by atoms with van der Waals surface area (Å²) in [6.07, 6.45) is 9.72. The van der Waals surface area contributed by atoms with Crippen molar-refractivity contribution in [3.8, 4) is 5.88 Å². The van der Waals surface area contributed by atoms with Gasteiger partial charge in [0.05, 0.1) is 24.1 Å². The van der Waals surface area contributed by atoms with Gasteiger partial charge in [-0.05, 0) is 23.3 Å². The maximum absolute atomic E-state index is 12.0. The third-order valence-electron chi connectivity index (χ3n) is 4.74. The number of pyridine rings is 2. The predicted molar refractivity (Wildman–Crippen MR) is 108 cm³/mol. The molecule has 0 saturated heterocycles. The number of aliphatic imine (C=N–C) groups is 1. The molecule has 142 valence electrons. The third kappa shape index (κ3) is 3.36. The largest absolute Gasteiger partial charge is 0.481 e. The Balaban J connectivity index is 1.51. The van der Waals surface area contributed by atoms with Crippen LogP contribution < -0.4 is 10.1 Å². The van der Waals surface area contributed by atoms with Gasteiger partial charge < -0.3 is 19.8 Å². The van der Waals surface area contributed by atoms with E-state index in [1.165, 1.54) is 0 Å². The number of carbonyl (C=O) groups excluding carboxylic acids is 1. The molecule has 0 saturated carbocycles. The molecular weight excluding hydrogens is 378 g/mol. The lowest BCUT2D eigenvalue weighted by Crippen LogP contribution is -2.35. The van der Waals surface area contributed by atoms with Crippen LogP contribution in [0.1, 0.15) is 11.1 Å². The van der Waals surface area contributed by atoms with Gasteiger partial charge in [0.2, 0.25) is 5.88 Å². The van der Waals surface area contributed by atoms with Gasteiger partial charge in [0.1, 0.15) is 17.8 Å². The van der Waals surface area contributed by atoms with E-state index in [2.05, 4.69) is 25.3 Å². The lowest BCUT2D eigenvalue weighted by atomic mass is 9.80. The van der Waals surface area contributed by atoms with Crippen molar-refractivity contribution in [3.63, 3.8) is 0 Å². The SMILES string of the molecule is COc1ccc(CNC2=NCC(C=O)(c3c[nH]c4ncc(Cl)cc34)C=C2)cn1. The average molecular weight is 396 g/mol. The number of carbonyl (C=O) groups is 1. The molecule has 1 atom stereocenters. The normalized spacial score (nSPS) is 18.7. The zero-order chi connectivity index (χ0) is 19.6. The van der Waals surface area contributed by atoms with E-state index in [0.717, 1.165) is 22.8 Å². The van der Waals surface area contributed by atoms with Crippen molar-refractivity contribution in [1.82, 2.24) is 20.3 Å². The Morgan fingerprint density at radius 3 is 2.93 bits per heavy atom. The fourth-order valence-electron chi connectivity index (χ4n) is 3.17. The number of nitrogens with one attached hydrogen (secondary N) is 2. The second-order valence-corrected chi connectivity index (χ2v) is 6.94. The topological polar surface area (TPSA) is 92.3 Å². The van der Waals surface area contributed by atoms with E-state index in [1.54, 1.807) is 25.7 Å². The number of amidine groups is 1. The smallest absolute Gasteiger partial charge is 0.212 e. The molecule has 7 nitrogen and oxygen atoms in total. The van der Waals surface area contributed by atoms with Crippen LogP contribution in [0.2, 0.25) is 5.02 Å². The highest BCUT2D eigenvalue weighted by molar-refractivity contribution is 6.31. The third-order valence-corrected chi connectivity index (χ3v) is 4.95. The highest BCUT2D eigenvalue weighted by Crippen LogP contribution is 2.33. The number of rotatable bonds is 5. The minimum absolute atomic E-state index is 0.301. The molecule has 0 spiro atoms. The predicted octanol–water partition coefficient (Wildman–Crippen LogP) is 2.81. The quantitative estimate of drug-likeness (QED) is 0.648. The van der Waals surface area contributed by atoms with Gasteiger partial charge in [0, 0.05) is 36.6 Å². The second-order valence-electron chi connectivity index (χ2n) is 6.51. The Morgan fingerprint density at radius 1 is 1.36 bits per heavy atom. The molecule has 0 amide bonds. The Labute approximate surface area is 166 Å². The molecule has 1 aliphatic heterocycles. The van der Waals surface area contributed by atoms with Crippen LogP contribution in [0.3, 0.4) is 0 Å². The van der Waals surface area contributed by atoms with Crippen molar-refractivity contribution in [2.45, 2.75) is 12.0 Å². The Kier molecular flexibility index (Phi) is 4.83. The van der Waals surface area contributed by atoms with Gasteiger partial charge in [-0.25, -0.2) is 9.97 Å². The number of hydrogen-bond acceptors (Lipinski definition) is 6. The molecule has 1 unspecified atom stereocenters. The van der Waals surface area contributed by atoms with Gasteiger partial charge in [-0.1, -0.05) is 23.7 Å². The molecule has 3 aromatic rings. The molecule has 1 aliphatic rings. The second kappa shape index (κ2) is 7.44. The summed E-state index contributed by atoms with van der Waals surface area (Å²) in [4.78, 5) is 28.1. The number of aromatic nitrogens is 3. The van der Waals surface area contributed by atoms with E-state index in [-0.39, 0.29) is 0 Å². The average Bonchev–Trinajstić information content (AvgIpc) is 3.16. The monoisotopic (exact) mass is 395 g/mol. The van der Waals surface area contributed by atoms with Crippen LogP contribution in [0, 0.1) is 0 Å². The molecule has 0 aliphatic carbocycles. The van der Waals surface area contributed by atoms with E-state index < -0.39 is 5.41 Å². The standard InChI is InChI=1S/C20H18ClN5O2/c1-28-18-3-2-13(8-23-18)7-22-17-4-5-20(12-27,11-26-17)16-10-25-19-15(16)6-14(21)9-24-19/h2-6,8-10,12H,7,11H2,1H3,(H,22,26)(H,24,25). The van der Waals surface area contributed by atoms with Crippen molar-refractivity contribution in [1.29, 1.82) is 0 Å². The number of fused-ring (bicyclic) bond motifs is 1. The molecule has 8 heteroatoms. The van der Waals surface area contributed by atoms with Crippen LogP contribution in [-0.4, -0.2) is 40.7 Å². The maximum atomic E-state index is 12.0. The van der Waals surface area contributed by atoms with E-state index in [0.29, 0.717) is 35.5 Å². The van der Waals surface area contributed by atoms with Crippen molar-refractivity contribution >= 4 is 34.8 Å². The zero-order valence-corrected chi connectivity index (χ0v) is 15.9. The van der Waals surface area contributed by atoms with Gasteiger partial charge in [-0.15, -0.1) is 0 Å². The van der Waals surface area contributed by atoms with Crippen molar-refractivity contribution in [3.05, 3.63) is 65.1 Å². The van der Waals surface area contributed by atoms with Crippen molar-refractivity contribution in [2.24, 2.45) is 4.99 Å². The number of methoxy groups -OCH3 is 1.